The van der Waals surface area contributed by atoms with Crippen molar-refractivity contribution in [1.82, 2.24) is 10.9 Å². The van der Waals surface area contributed by atoms with Gasteiger partial charge in [-0.15, -0.1) is 0 Å². The molecule has 0 aliphatic rings. The SMILES string of the molecule is COc1cccc(C=CC(=O)NNC(=O)c2cc(Cl)ccc2OC)c1. The Kier molecular flexibility index (Phi) is 6.42. The Balaban J connectivity index is 1.96. The fourth-order valence-electron chi connectivity index (χ4n) is 2.00. The molecule has 0 aromatic heterocycles. The molecular formula is C18H17ClN2O4. The zero-order valence-electron chi connectivity index (χ0n) is 13.7. The molecule has 130 valence electrons. The second kappa shape index (κ2) is 8.75. The van der Waals surface area contributed by atoms with E-state index in [1.165, 1.54) is 19.3 Å². The van der Waals surface area contributed by atoms with E-state index in [9.17, 15) is 9.59 Å². The molecular weight excluding hydrogens is 344 g/mol. The molecule has 0 saturated heterocycles. The highest BCUT2D eigenvalue weighted by atomic mass is 35.5. The van der Waals surface area contributed by atoms with Crippen LogP contribution in [0.5, 0.6) is 11.5 Å². The predicted octanol–water partition coefficient (Wildman–Crippen LogP) is 2.83. The minimum Gasteiger partial charge on any atom is -0.497 e. The molecule has 25 heavy (non-hydrogen) atoms. The molecule has 0 aliphatic heterocycles. The average molecular weight is 361 g/mol. The third kappa shape index (κ3) is 5.26. The van der Waals surface area contributed by atoms with Crippen molar-refractivity contribution in [2.24, 2.45) is 0 Å². The molecule has 0 spiro atoms. The van der Waals surface area contributed by atoms with Crippen molar-refractivity contribution >= 4 is 29.5 Å². The van der Waals surface area contributed by atoms with Crippen LogP contribution in [0.2, 0.25) is 5.02 Å². The smallest absolute Gasteiger partial charge is 0.273 e. The molecule has 0 atom stereocenters. The highest BCUT2D eigenvalue weighted by Gasteiger charge is 2.13. The average Bonchev–Trinajstić information content (AvgIpc) is 2.64. The van der Waals surface area contributed by atoms with E-state index in [0.717, 1.165) is 5.56 Å². The minimum atomic E-state index is -0.539. The number of carbonyl (C=O) groups is 2. The summed E-state index contributed by atoms with van der Waals surface area (Å²) in [6, 6.07) is 11.8. The number of ether oxygens (including phenoxy) is 2. The zero-order chi connectivity index (χ0) is 18.2. The maximum atomic E-state index is 12.1. The van der Waals surface area contributed by atoms with Crippen molar-refractivity contribution in [1.29, 1.82) is 0 Å². The lowest BCUT2D eigenvalue weighted by Crippen LogP contribution is -2.40. The first kappa shape index (κ1) is 18.4. The van der Waals surface area contributed by atoms with Crippen molar-refractivity contribution in [3.05, 3.63) is 64.7 Å². The van der Waals surface area contributed by atoms with Crippen LogP contribution in [0.1, 0.15) is 15.9 Å². The molecule has 2 aromatic rings. The summed E-state index contributed by atoms with van der Waals surface area (Å²) in [5.74, 6) is 0.00614. The van der Waals surface area contributed by atoms with Crippen LogP contribution >= 0.6 is 11.6 Å². The van der Waals surface area contributed by atoms with Crippen LogP contribution in [-0.2, 0) is 4.79 Å². The monoisotopic (exact) mass is 360 g/mol. The Labute approximate surface area is 150 Å². The normalized spacial score (nSPS) is 10.4. The summed E-state index contributed by atoms with van der Waals surface area (Å²) >= 11 is 5.88. The Morgan fingerprint density at radius 1 is 1.04 bits per heavy atom. The number of benzene rings is 2. The van der Waals surface area contributed by atoms with Crippen molar-refractivity contribution < 1.29 is 19.1 Å². The third-order valence-electron chi connectivity index (χ3n) is 3.23. The molecule has 2 aromatic carbocycles. The number of methoxy groups -OCH3 is 2. The lowest BCUT2D eigenvalue weighted by Gasteiger charge is -2.09. The van der Waals surface area contributed by atoms with Gasteiger partial charge in [0.2, 0.25) is 0 Å². The summed E-state index contributed by atoms with van der Waals surface area (Å²) in [6.07, 6.45) is 2.90. The molecule has 7 heteroatoms. The molecule has 0 fully saturated rings. The fraction of sp³-hybridized carbons (Fsp3) is 0.111. The van der Waals surface area contributed by atoms with Gasteiger partial charge in [0, 0.05) is 11.1 Å². The van der Waals surface area contributed by atoms with Crippen LogP contribution < -0.4 is 20.3 Å². The number of nitrogens with one attached hydrogen (secondary N) is 2. The second-order valence-corrected chi connectivity index (χ2v) is 5.33. The standard InChI is InChI=1S/C18H17ClN2O4/c1-24-14-5-3-4-12(10-14)6-9-17(22)20-21-18(23)15-11-13(19)7-8-16(15)25-2/h3-11H,1-2H3,(H,20,22)(H,21,23). The van der Waals surface area contributed by atoms with Gasteiger partial charge in [0.1, 0.15) is 11.5 Å². The van der Waals surface area contributed by atoms with Gasteiger partial charge in [-0.3, -0.25) is 20.4 Å². The van der Waals surface area contributed by atoms with E-state index in [4.69, 9.17) is 21.1 Å². The van der Waals surface area contributed by atoms with Gasteiger partial charge < -0.3 is 9.47 Å². The number of hydrazine groups is 1. The van der Waals surface area contributed by atoms with E-state index in [0.29, 0.717) is 16.5 Å². The Bertz CT molecular complexity index is 805. The van der Waals surface area contributed by atoms with Gasteiger partial charge in [-0.05, 0) is 42.0 Å². The Hall–Kier alpha value is -2.99. The number of halogens is 1. The number of rotatable bonds is 5. The number of amides is 2. The predicted molar refractivity (Wildman–Crippen MR) is 95.6 cm³/mol. The van der Waals surface area contributed by atoms with E-state index in [1.807, 2.05) is 12.1 Å². The molecule has 2 rings (SSSR count). The largest absolute Gasteiger partial charge is 0.497 e. The van der Waals surface area contributed by atoms with E-state index < -0.39 is 11.8 Å². The summed E-state index contributed by atoms with van der Waals surface area (Å²) in [5, 5.41) is 0.384. The zero-order valence-corrected chi connectivity index (χ0v) is 14.5. The Morgan fingerprint density at radius 3 is 2.56 bits per heavy atom. The van der Waals surface area contributed by atoms with Crippen molar-refractivity contribution in [2.75, 3.05) is 14.2 Å². The topological polar surface area (TPSA) is 76.7 Å². The van der Waals surface area contributed by atoms with Gasteiger partial charge >= 0.3 is 0 Å². The number of hydrogen-bond acceptors (Lipinski definition) is 4. The molecule has 2 N–H and O–H groups in total. The summed E-state index contributed by atoms with van der Waals surface area (Å²) in [7, 11) is 3.00. The van der Waals surface area contributed by atoms with Crippen molar-refractivity contribution in [3.8, 4) is 11.5 Å². The van der Waals surface area contributed by atoms with Crippen LogP contribution in [0.3, 0.4) is 0 Å². The molecule has 0 unspecified atom stereocenters. The first-order chi connectivity index (χ1) is 12.0. The third-order valence-corrected chi connectivity index (χ3v) is 3.46. The lowest BCUT2D eigenvalue weighted by molar-refractivity contribution is -0.117. The molecule has 2 amide bonds. The van der Waals surface area contributed by atoms with Crippen LogP contribution in [0, 0.1) is 0 Å². The molecule has 0 bridgehead atoms. The highest BCUT2D eigenvalue weighted by Crippen LogP contribution is 2.22. The Morgan fingerprint density at radius 2 is 1.84 bits per heavy atom. The number of hydrogen-bond donors (Lipinski definition) is 2. The van der Waals surface area contributed by atoms with Gasteiger partial charge in [-0.2, -0.15) is 0 Å². The molecule has 6 nitrogen and oxygen atoms in total. The van der Waals surface area contributed by atoms with Crippen LogP contribution in [0.25, 0.3) is 6.08 Å². The van der Waals surface area contributed by atoms with Gasteiger partial charge in [0.15, 0.2) is 0 Å². The van der Waals surface area contributed by atoms with Crippen molar-refractivity contribution in [2.45, 2.75) is 0 Å². The van der Waals surface area contributed by atoms with Gasteiger partial charge in [0.05, 0.1) is 19.8 Å². The quantitative estimate of drug-likeness (QED) is 0.635. The van der Waals surface area contributed by atoms with Crippen LogP contribution in [-0.4, -0.2) is 26.0 Å². The molecule has 0 radical (unpaired) electrons. The molecule has 0 heterocycles. The van der Waals surface area contributed by atoms with Gasteiger partial charge in [-0.25, -0.2) is 0 Å². The minimum absolute atomic E-state index is 0.215. The first-order valence-electron chi connectivity index (χ1n) is 7.29. The number of carbonyl (C=O) groups excluding carboxylic acids is 2. The lowest BCUT2D eigenvalue weighted by atomic mass is 10.2. The summed E-state index contributed by atoms with van der Waals surface area (Å²) in [5.41, 5.74) is 5.61. The van der Waals surface area contributed by atoms with Crippen LogP contribution in [0.15, 0.2) is 48.5 Å². The van der Waals surface area contributed by atoms with Gasteiger partial charge in [-0.1, -0.05) is 23.7 Å². The maximum absolute atomic E-state index is 12.1. The first-order valence-corrected chi connectivity index (χ1v) is 7.67. The molecule has 0 saturated carbocycles. The van der Waals surface area contributed by atoms with Gasteiger partial charge in [0.25, 0.3) is 11.8 Å². The van der Waals surface area contributed by atoms with E-state index in [-0.39, 0.29) is 5.56 Å². The van der Waals surface area contributed by atoms with E-state index in [2.05, 4.69) is 10.9 Å². The highest BCUT2D eigenvalue weighted by molar-refractivity contribution is 6.31. The van der Waals surface area contributed by atoms with Crippen molar-refractivity contribution in [3.63, 3.8) is 0 Å². The summed E-state index contributed by atoms with van der Waals surface area (Å²) < 4.78 is 10.2. The summed E-state index contributed by atoms with van der Waals surface area (Å²) in [4.78, 5) is 24.0. The van der Waals surface area contributed by atoms with E-state index >= 15 is 0 Å². The van der Waals surface area contributed by atoms with Crippen LogP contribution in [0.4, 0.5) is 0 Å². The van der Waals surface area contributed by atoms with E-state index in [1.54, 1.807) is 37.5 Å². The maximum Gasteiger partial charge on any atom is 0.273 e. The second-order valence-electron chi connectivity index (χ2n) is 4.90. The molecule has 0 aliphatic carbocycles. The fourth-order valence-corrected chi connectivity index (χ4v) is 2.17. The summed E-state index contributed by atoms with van der Waals surface area (Å²) in [6.45, 7) is 0.